The topological polar surface area (TPSA) is 15.3 Å². The van der Waals surface area contributed by atoms with E-state index >= 15 is 0 Å². The number of benzene rings is 2. The van der Waals surface area contributed by atoms with Crippen LogP contribution in [0, 0.1) is 0 Å². The maximum Gasteiger partial charge on any atom is 0.182 e. The van der Waals surface area contributed by atoms with E-state index < -0.39 is 0 Å². The first-order valence-electron chi connectivity index (χ1n) is 9.08. The Morgan fingerprint density at radius 1 is 1.04 bits per heavy atom. The van der Waals surface area contributed by atoms with Gasteiger partial charge in [-0.2, -0.15) is 0 Å². The fourth-order valence-electron chi connectivity index (χ4n) is 4.61. The van der Waals surface area contributed by atoms with Crippen LogP contribution in [0.1, 0.15) is 55.0 Å². The average molecular weight is 316 g/mol. The van der Waals surface area contributed by atoms with Gasteiger partial charge in [0, 0.05) is 12.1 Å². The van der Waals surface area contributed by atoms with Gasteiger partial charge in [0.2, 0.25) is 0 Å². The number of rotatable bonds is 3. The monoisotopic (exact) mass is 316 g/mol. The van der Waals surface area contributed by atoms with Crippen molar-refractivity contribution in [1.82, 2.24) is 10.1 Å². The van der Waals surface area contributed by atoms with Crippen LogP contribution >= 0.6 is 0 Å². The van der Waals surface area contributed by atoms with Gasteiger partial charge < -0.3 is 10.1 Å². The second-order valence-corrected chi connectivity index (χ2v) is 7.46. The molecule has 2 nitrogen and oxygen atoms in total. The summed E-state index contributed by atoms with van der Waals surface area (Å²) in [6.07, 6.45) is 3.52. The third-order valence-corrected chi connectivity index (χ3v) is 6.01. The normalized spacial score (nSPS) is 24.0. The molecule has 0 saturated carbocycles. The van der Waals surface area contributed by atoms with Crippen LogP contribution in [-0.4, -0.2) is 25.9 Å². The van der Waals surface area contributed by atoms with Crippen LogP contribution in [0.5, 0.6) is 0 Å². The molecular formula is C21H25BN2. The van der Waals surface area contributed by atoms with Gasteiger partial charge in [0.05, 0.1) is 0 Å². The van der Waals surface area contributed by atoms with E-state index in [2.05, 4.69) is 66.8 Å². The summed E-state index contributed by atoms with van der Waals surface area (Å²) in [5.74, 6) is 0. The molecule has 2 aliphatic rings. The van der Waals surface area contributed by atoms with Gasteiger partial charge >= 0.3 is 0 Å². The Balaban J connectivity index is 1.59. The van der Waals surface area contributed by atoms with Gasteiger partial charge in [0.25, 0.3) is 0 Å². The first-order chi connectivity index (χ1) is 11.7. The summed E-state index contributed by atoms with van der Waals surface area (Å²) in [5, 5.41) is 3.89. The summed E-state index contributed by atoms with van der Waals surface area (Å²) >= 11 is 0. The highest BCUT2D eigenvalue weighted by Crippen LogP contribution is 2.51. The van der Waals surface area contributed by atoms with Crippen molar-refractivity contribution in [3.8, 4) is 0 Å². The van der Waals surface area contributed by atoms with Crippen LogP contribution in [0.25, 0.3) is 0 Å². The molecule has 2 aromatic carbocycles. The summed E-state index contributed by atoms with van der Waals surface area (Å²) in [5.41, 5.74) is 4.70. The van der Waals surface area contributed by atoms with E-state index in [1.54, 1.807) is 5.56 Å². The zero-order valence-corrected chi connectivity index (χ0v) is 14.4. The van der Waals surface area contributed by atoms with Crippen LogP contribution in [0.3, 0.4) is 0 Å². The molecule has 2 aromatic rings. The summed E-state index contributed by atoms with van der Waals surface area (Å²) in [6.45, 7) is 4.26. The second-order valence-electron chi connectivity index (χ2n) is 7.46. The predicted octanol–water partition coefficient (Wildman–Crippen LogP) is 3.90. The van der Waals surface area contributed by atoms with Gasteiger partial charge in [0.15, 0.2) is 7.98 Å². The van der Waals surface area contributed by atoms with Crippen molar-refractivity contribution < 1.29 is 0 Å². The third-order valence-electron chi connectivity index (χ3n) is 6.01. The molecule has 0 amide bonds. The molecule has 0 unspecified atom stereocenters. The molecule has 3 heteroatoms. The largest absolute Gasteiger partial charge is 0.353 e. The Morgan fingerprint density at radius 3 is 2.46 bits per heavy atom. The van der Waals surface area contributed by atoms with E-state index in [9.17, 15) is 0 Å². The van der Waals surface area contributed by atoms with Crippen molar-refractivity contribution in [2.45, 2.75) is 43.7 Å². The average Bonchev–Trinajstić information content (AvgIpc) is 2.92. The van der Waals surface area contributed by atoms with Crippen molar-refractivity contribution in [3.05, 3.63) is 71.3 Å². The molecule has 24 heavy (non-hydrogen) atoms. The van der Waals surface area contributed by atoms with E-state index in [1.807, 2.05) is 4.81 Å². The highest BCUT2D eigenvalue weighted by molar-refractivity contribution is 6.04. The molecular weight excluding hydrogens is 291 g/mol. The van der Waals surface area contributed by atoms with Crippen LogP contribution < -0.4 is 5.32 Å². The minimum atomic E-state index is 0.306. The summed E-state index contributed by atoms with van der Waals surface area (Å²) in [4.78, 5) is 1.97. The molecule has 1 fully saturated rings. The highest BCUT2D eigenvalue weighted by atomic mass is 15.0. The lowest BCUT2D eigenvalue weighted by Crippen LogP contribution is -2.40. The fraction of sp³-hybridized carbons (Fsp3) is 0.429. The van der Waals surface area contributed by atoms with E-state index in [4.69, 9.17) is 7.98 Å². The van der Waals surface area contributed by atoms with Crippen molar-refractivity contribution in [2.75, 3.05) is 13.1 Å². The Labute approximate surface area is 146 Å². The van der Waals surface area contributed by atoms with Crippen LogP contribution in [-0.2, 0) is 5.41 Å². The lowest BCUT2D eigenvalue weighted by Gasteiger charge is -2.39. The smallest absolute Gasteiger partial charge is 0.182 e. The van der Waals surface area contributed by atoms with Crippen LogP contribution in [0.4, 0.5) is 0 Å². The molecule has 1 N–H and O–H groups in total. The molecule has 0 bridgehead atoms. The molecule has 1 spiro atoms. The van der Waals surface area contributed by atoms with Gasteiger partial charge in [-0.3, -0.25) is 0 Å². The number of fused-ring (bicyclic) bond motifs is 2. The van der Waals surface area contributed by atoms with Crippen molar-refractivity contribution in [2.24, 2.45) is 0 Å². The Hall–Kier alpha value is -1.58. The zero-order chi connectivity index (χ0) is 16.6. The van der Waals surface area contributed by atoms with E-state index in [-0.39, 0.29) is 0 Å². The standard InChI is InChI=1S/C21H25BN2/c1-16(17-7-3-2-4-8-17)23-20-15-21(11-13-24(22)14-12-21)19-10-6-5-9-18(19)20/h2-10,16,20,23H,11-15H2,1H3/t16-,20-/m0/s1. The molecule has 1 saturated heterocycles. The van der Waals surface area contributed by atoms with Gasteiger partial charge in [-0.1, -0.05) is 54.6 Å². The number of nitrogens with zero attached hydrogens (tertiary/aromatic N) is 1. The van der Waals surface area contributed by atoms with Crippen molar-refractivity contribution in [3.63, 3.8) is 0 Å². The number of piperidine rings is 1. The van der Waals surface area contributed by atoms with Gasteiger partial charge in [-0.15, -0.1) is 0 Å². The molecule has 1 heterocycles. The van der Waals surface area contributed by atoms with Gasteiger partial charge in [-0.05, 0) is 61.4 Å². The lowest BCUT2D eigenvalue weighted by molar-refractivity contribution is 0.221. The molecule has 1 aliphatic heterocycles. The van der Waals surface area contributed by atoms with Crippen LogP contribution in [0.2, 0.25) is 0 Å². The molecule has 2 radical (unpaired) electrons. The molecule has 122 valence electrons. The Bertz CT molecular complexity index is 692. The Morgan fingerprint density at radius 2 is 1.71 bits per heavy atom. The first kappa shape index (κ1) is 15.9. The molecule has 1 aliphatic carbocycles. The second kappa shape index (κ2) is 6.38. The van der Waals surface area contributed by atoms with E-state index in [0.29, 0.717) is 17.5 Å². The maximum absolute atomic E-state index is 6.01. The van der Waals surface area contributed by atoms with Crippen LogP contribution in [0.15, 0.2) is 54.6 Å². The SMILES string of the molecule is [B]N1CCC2(CC1)C[C@H](N[C@@H](C)c1ccccc1)c1ccccc12. The maximum atomic E-state index is 6.01. The number of hydrogen-bond acceptors (Lipinski definition) is 2. The molecule has 2 atom stereocenters. The Kier molecular flexibility index (Phi) is 4.23. The predicted molar refractivity (Wildman–Crippen MR) is 100 cm³/mol. The number of nitrogens with one attached hydrogen (secondary N) is 1. The first-order valence-corrected chi connectivity index (χ1v) is 9.08. The molecule has 4 rings (SSSR count). The summed E-state index contributed by atoms with van der Waals surface area (Å²) in [7, 11) is 6.01. The number of hydrogen-bond donors (Lipinski definition) is 1. The van der Waals surface area contributed by atoms with Crippen molar-refractivity contribution >= 4 is 7.98 Å². The van der Waals surface area contributed by atoms with Gasteiger partial charge in [0.1, 0.15) is 0 Å². The molecule has 0 aromatic heterocycles. The highest BCUT2D eigenvalue weighted by Gasteiger charge is 2.44. The van der Waals surface area contributed by atoms with Crippen molar-refractivity contribution in [1.29, 1.82) is 0 Å². The summed E-state index contributed by atoms with van der Waals surface area (Å²) < 4.78 is 0. The minimum Gasteiger partial charge on any atom is -0.353 e. The summed E-state index contributed by atoms with van der Waals surface area (Å²) in [6, 6.07) is 20.6. The minimum absolute atomic E-state index is 0.306. The van der Waals surface area contributed by atoms with E-state index in [0.717, 1.165) is 13.1 Å². The zero-order valence-electron chi connectivity index (χ0n) is 14.4. The van der Waals surface area contributed by atoms with E-state index in [1.165, 1.54) is 30.4 Å². The third kappa shape index (κ3) is 2.80. The quantitative estimate of drug-likeness (QED) is 0.864. The lowest BCUT2D eigenvalue weighted by atomic mass is 9.73. The fourth-order valence-corrected chi connectivity index (χ4v) is 4.61. The van der Waals surface area contributed by atoms with Gasteiger partial charge in [-0.25, -0.2) is 0 Å².